The lowest BCUT2D eigenvalue weighted by Gasteiger charge is -2.14. The number of imide groups is 1. The molecule has 1 fully saturated rings. The van der Waals surface area contributed by atoms with Crippen molar-refractivity contribution < 1.29 is 24.4 Å². The molecular weight excluding hydrogens is 251 g/mol. The predicted molar refractivity (Wildman–Crippen MR) is 55.6 cm³/mol. The molecular formula is C10H9ClFN2O3+. The minimum atomic E-state index is -1.29. The van der Waals surface area contributed by atoms with E-state index in [9.17, 15) is 19.1 Å². The topological polar surface area (TPSA) is 83.0 Å². The number of halogens is 2. The zero-order valence-corrected chi connectivity index (χ0v) is 9.24. The zero-order chi connectivity index (χ0) is 12.6. The molecule has 2 unspecified atom stereocenters. The van der Waals surface area contributed by atoms with Gasteiger partial charge < -0.3 is 5.11 Å². The van der Waals surface area contributed by atoms with Crippen LogP contribution in [0.2, 0.25) is 5.02 Å². The summed E-state index contributed by atoms with van der Waals surface area (Å²) in [5.41, 5.74) is 0.181. The Labute approximate surface area is 101 Å². The number of hydrogen-bond donors (Lipinski definition) is 3. The molecule has 2 rings (SSSR count). The number of benzene rings is 1. The van der Waals surface area contributed by atoms with Gasteiger partial charge in [-0.3, -0.25) is 5.32 Å². The summed E-state index contributed by atoms with van der Waals surface area (Å²) in [5.74, 6) is -1.22. The van der Waals surface area contributed by atoms with E-state index in [4.69, 9.17) is 11.6 Å². The summed E-state index contributed by atoms with van der Waals surface area (Å²) < 4.78 is 13.2. The van der Waals surface area contributed by atoms with E-state index < -0.39 is 29.9 Å². The van der Waals surface area contributed by atoms with Crippen LogP contribution in [0.15, 0.2) is 18.2 Å². The van der Waals surface area contributed by atoms with Gasteiger partial charge in [0.05, 0.1) is 5.02 Å². The minimum Gasteiger partial charge on any atom is -0.386 e. The van der Waals surface area contributed by atoms with Gasteiger partial charge in [0.1, 0.15) is 11.9 Å². The largest absolute Gasteiger partial charge is 0.421 e. The van der Waals surface area contributed by atoms with Crippen LogP contribution in [0.25, 0.3) is 0 Å². The molecule has 0 aliphatic carbocycles. The first-order valence-electron chi connectivity index (χ1n) is 4.81. The molecule has 17 heavy (non-hydrogen) atoms. The van der Waals surface area contributed by atoms with Crippen LogP contribution in [0, 0.1) is 5.82 Å². The van der Waals surface area contributed by atoms with Crippen LogP contribution in [0.4, 0.5) is 9.18 Å². The molecule has 0 aromatic heterocycles. The highest BCUT2D eigenvalue weighted by Gasteiger charge is 2.41. The lowest BCUT2D eigenvalue weighted by Crippen LogP contribution is -2.89. The number of nitrogens with one attached hydrogen (secondary N) is 1. The van der Waals surface area contributed by atoms with Crippen LogP contribution >= 0.6 is 11.6 Å². The van der Waals surface area contributed by atoms with Gasteiger partial charge in [0.2, 0.25) is 0 Å². The average molecular weight is 260 g/mol. The summed E-state index contributed by atoms with van der Waals surface area (Å²) in [6.45, 7) is 0. The van der Waals surface area contributed by atoms with Crippen LogP contribution in [-0.4, -0.2) is 23.1 Å². The lowest BCUT2D eigenvalue weighted by atomic mass is 10.0. The fourth-order valence-corrected chi connectivity index (χ4v) is 1.73. The SMILES string of the molecule is O=C1NC(C(O)c2ccc(Cl)c(F)c2)C(=O)[NH2+]1. The minimum absolute atomic E-state index is 0.0747. The van der Waals surface area contributed by atoms with Crippen LogP contribution in [0.1, 0.15) is 11.7 Å². The number of nitrogens with two attached hydrogens (primary N) is 1. The van der Waals surface area contributed by atoms with E-state index in [1.54, 1.807) is 0 Å². The predicted octanol–water partition coefficient (Wildman–Crippen LogP) is -0.306. The van der Waals surface area contributed by atoms with E-state index in [1.165, 1.54) is 12.1 Å². The van der Waals surface area contributed by atoms with E-state index in [0.717, 1.165) is 11.4 Å². The van der Waals surface area contributed by atoms with Gasteiger partial charge in [0.25, 0.3) is 0 Å². The molecule has 7 heteroatoms. The monoisotopic (exact) mass is 259 g/mol. The Morgan fingerprint density at radius 2 is 2.18 bits per heavy atom. The van der Waals surface area contributed by atoms with E-state index in [0.29, 0.717) is 0 Å². The summed E-state index contributed by atoms with van der Waals surface area (Å²) in [4.78, 5) is 22.3. The molecule has 2 atom stereocenters. The second kappa shape index (κ2) is 4.40. The maximum atomic E-state index is 13.2. The number of quaternary nitrogens is 1. The van der Waals surface area contributed by atoms with Gasteiger partial charge >= 0.3 is 11.9 Å². The first-order chi connectivity index (χ1) is 7.99. The standard InChI is InChI=1S/C10H8ClFN2O3/c11-5-2-1-4(3-6(5)12)8(15)7-9(16)14-10(17)13-7/h1-3,7-8,15H,(H2,13,14,16,17)/p+1. The Morgan fingerprint density at radius 3 is 2.71 bits per heavy atom. The quantitative estimate of drug-likeness (QED) is 0.638. The number of rotatable bonds is 2. The number of amides is 3. The van der Waals surface area contributed by atoms with Crippen molar-refractivity contribution in [2.75, 3.05) is 0 Å². The highest BCUT2D eigenvalue weighted by molar-refractivity contribution is 6.30. The Balaban J connectivity index is 2.25. The third-order valence-electron chi connectivity index (χ3n) is 2.48. The van der Waals surface area contributed by atoms with Gasteiger partial charge in [0, 0.05) is 0 Å². The third kappa shape index (κ3) is 2.28. The lowest BCUT2D eigenvalue weighted by molar-refractivity contribution is -0.459. The summed E-state index contributed by atoms with van der Waals surface area (Å²) in [7, 11) is 0. The number of carbonyl (C=O) groups excluding carboxylic acids is 2. The van der Waals surface area contributed by atoms with E-state index in [-0.39, 0.29) is 10.6 Å². The second-order valence-electron chi connectivity index (χ2n) is 3.65. The molecule has 1 heterocycles. The number of aliphatic hydroxyl groups is 1. The zero-order valence-electron chi connectivity index (χ0n) is 8.48. The summed E-state index contributed by atoms with van der Waals surface area (Å²) in [6.07, 6.45) is -1.29. The van der Waals surface area contributed by atoms with Crippen molar-refractivity contribution in [3.05, 3.63) is 34.6 Å². The molecule has 5 nitrogen and oxygen atoms in total. The van der Waals surface area contributed by atoms with Gasteiger partial charge in [-0.15, -0.1) is 0 Å². The van der Waals surface area contributed by atoms with Gasteiger partial charge in [0.15, 0.2) is 6.04 Å². The van der Waals surface area contributed by atoms with Gasteiger partial charge in [-0.2, -0.15) is 5.32 Å². The van der Waals surface area contributed by atoms with Crippen molar-refractivity contribution in [3.63, 3.8) is 0 Å². The van der Waals surface area contributed by atoms with Crippen molar-refractivity contribution in [1.29, 1.82) is 0 Å². The van der Waals surface area contributed by atoms with Crippen LogP contribution < -0.4 is 10.6 Å². The van der Waals surface area contributed by atoms with E-state index in [1.807, 2.05) is 0 Å². The Bertz CT molecular complexity index is 494. The van der Waals surface area contributed by atoms with E-state index >= 15 is 0 Å². The highest BCUT2D eigenvalue weighted by atomic mass is 35.5. The van der Waals surface area contributed by atoms with Crippen molar-refractivity contribution in [1.82, 2.24) is 5.32 Å². The van der Waals surface area contributed by atoms with Crippen molar-refractivity contribution in [2.45, 2.75) is 12.1 Å². The second-order valence-corrected chi connectivity index (χ2v) is 4.06. The maximum absolute atomic E-state index is 13.2. The maximum Gasteiger partial charge on any atom is 0.421 e. The van der Waals surface area contributed by atoms with Gasteiger partial charge in [-0.1, -0.05) is 17.7 Å². The summed E-state index contributed by atoms with van der Waals surface area (Å²) in [6, 6.07) is 2.08. The van der Waals surface area contributed by atoms with Crippen molar-refractivity contribution in [3.8, 4) is 0 Å². The van der Waals surface area contributed by atoms with Crippen LogP contribution in [0.3, 0.4) is 0 Å². The van der Waals surface area contributed by atoms with Crippen LogP contribution in [0.5, 0.6) is 0 Å². The number of hydrogen-bond acceptors (Lipinski definition) is 3. The number of primary amides is 2. The molecule has 4 N–H and O–H groups in total. The first kappa shape index (κ1) is 12.0. The Hall–Kier alpha value is -1.50. The molecule has 1 aliphatic heterocycles. The summed E-state index contributed by atoms with van der Waals surface area (Å²) >= 11 is 5.50. The molecule has 1 aliphatic rings. The smallest absolute Gasteiger partial charge is 0.386 e. The molecule has 0 spiro atoms. The van der Waals surface area contributed by atoms with Gasteiger partial charge in [-0.25, -0.2) is 14.0 Å². The van der Waals surface area contributed by atoms with Crippen molar-refractivity contribution in [2.24, 2.45) is 0 Å². The highest BCUT2D eigenvalue weighted by Crippen LogP contribution is 2.22. The van der Waals surface area contributed by atoms with Crippen molar-refractivity contribution >= 4 is 23.5 Å². The van der Waals surface area contributed by atoms with Gasteiger partial charge in [-0.05, 0) is 17.7 Å². The molecule has 3 amide bonds. The first-order valence-corrected chi connectivity index (χ1v) is 5.19. The normalized spacial score (nSPS) is 21.5. The molecule has 0 bridgehead atoms. The molecule has 1 aromatic carbocycles. The molecule has 90 valence electrons. The fraction of sp³-hybridized carbons (Fsp3) is 0.200. The Morgan fingerprint density at radius 1 is 1.47 bits per heavy atom. The average Bonchev–Trinajstić information content (AvgIpc) is 2.61. The molecule has 1 aromatic rings. The fourth-order valence-electron chi connectivity index (χ4n) is 1.61. The number of urea groups is 1. The molecule has 0 saturated carbocycles. The third-order valence-corrected chi connectivity index (χ3v) is 2.79. The molecule has 1 saturated heterocycles. The number of carbonyl (C=O) groups is 2. The molecule has 0 radical (unpaired) electrons. The number of aliphatic hydroxyl groups excluding tert-OH is 1. The van der Waals surface area contributed by atoms with Crippen LogP contribution in [-0.2, 0) is 4.79 Å². The Kier molecular flexibility index (Phi) is 3.10. The summed E-state index contributed by atoms with van der Waals surface area (Å²) in [5, 5.41) is 12.9. The van der Waals surface area contributed by atoms with E-state index in [2.05, 4.69) is 5.32 Å².